The Morgan fingerprint density at radius 1 is 1.55 bits per heavy atom. The summed E-state index contributed by atoms with van der Waals surface area (Å²) < 4.78 is 0. The lowest BCUT2D eigenvalue weighted by Crippen LogP contribution is -1.73. The van der Waals surface area contributed by atoms with Crippen molar-refractivity contribution in [1.29, 1.82) is 0 Å². The average molecular weight is 168 g/mol. The number of rotatable bonds is 0. The van der Waals surface area contributed by atoms with Crippen molar-refractivity contribution < 1.29 is 5.11 Å². The van der Waals surface area contributed by atoms with E-state index in [-0.39, 0.29) is 16.5 Å². The minimum Gasteiger partial charge on any atom is -0.518 e. The third-order valence-corrected chi connectivity index (χ3v) is 1.60. The van der Waals surface area contributed by atoms with Gasteiger partial charge in [-0.2, -0.15) is 0 Å². The molecular formula is C8H6ClNO. The van der Waals surface area contributed by atoms with Crippen LogP contribution < -0.4 is 0 Å². The number of phenols is 1. The highest BCUT2D eigenvalue weighted by Crippen LogP contribution is 2.34. The summed E-state index contributed by atoms with van der Waals surface area (Å²) in [6.45, 7) is 8.50. The van der Waals surface area contributed by atoms with Gasteiger partial charge < -0.3 is 5.11 Å². The molecule has 0 saturated heterocycles. The molecule has 1 rings (SSSR count). The molecule has 1 N–H and O–H groups in total. The van der Waals surface area contributed by atoms with Gasteiger partial charge in [0, 0.05) is 0 Å². The first-order chi connectivity index (χ1) is 5.15. The number of aryl methyl sites for hydroxylation is 1. The fourth-order valence-electron chi connectivity index (χ4n) is 0.801. The number of hydrogen-bond donors (Lipinski definition) is 1. The predicted octanol–water partition coefficient (Wildman–Crippen LogP) is 2.90. The monoisotopic (exact) mass is 167 g/mol. The van der Waals surface area contributed by atoms with Gasteiger partial charge in [-0.3, -0.25) is 0 Å². The number of hydrogen-bond acceptors (Lipinski definition) is 1. The zero-order chi connectivity index (χ0) is 8.43. The molecule has 0 unspecified atom stereocenters. The molecule has 0 aromatic heterocycles. The van der Waals surface area contributed by atoms with E-state index in [1.807, 2.05) is 6.92 Å². The SMILES string of the molecule is [C-]#[N+]c1cc(C)cc(Cl)c1O. The molecule has 0 heterocycles. The number of phenolic OH excluding ortho intramolecular Hbond substituents is 1. The minimum absolute atomic E-state index is 0.132. The molecule has 0 fully saturated rings. The molecule has 3 heteroatoms. The lowest BCUT2D eigenvalue weighted by atomic mass is 10.2. The minimum atomic E-state index is -0.132. The summed E-state index contributed by atoms with van der Waals surface area (Å²) in [6, 6.07) is 3.21. The molecule has 0 radical (unpaired) electrons. The third-order valence-electron chi connectivity index (χ3n) is 1.31. The van der Waals surface area contributed by atoms with Gasteiger partial charge in [0.25, 0.3) is 0 Å². The summed E-state index contributed by atoms with van der Waals surface area (Å²) in [5, 5.41) is 9.41. The van der Waals surface area contributed by atoms with E-state index in [0.29, 0.717) is 0 Å². The Kier molecular flexibility index (Phi) is 2.02. The van der Waals surface area contributed by atoms with Crippen LogP contribution in [0.4, 0.5) is 5.69 Å². The van der Waals surface area contributed by atoms with Crippen molar-refractivity contribution in [2.75, 3.05) is 0 Å². The van der Waals surface area contributed by atoms with E-state index >= 15 is 0 Å². The topological polar surface area (TPSA) is 24.6 Å². The number of aromatic hydroxyl groups is 1. The second kappa shape index (κ2) is 2.81. The molecule has 56 valence electrons. The highest BCUT2D eigenvalue weighted by Gasteiger charge is 2.05. The van der Waals surface area contributed by atoms with Crippen LogP contribution >= 0.6 is 11.6 Å². The first-order valence-corrected chi connectivity index (χ1v) is 3.39. The molecular weight excluding hydrogens is 162 g/mol. The number of nitrogens with zero attached hydrogens (tertiary/aromatic N) is 1. The predicted molar refractivity (Wildman–Crippen MR) is 44.1 cm³/mol. The van der Waals surface area contributed by atoms with Crippen LogP contribution in [-0.2, 0) is 0 Å². The first-order valence-electron chi connectivity index (χ1n) is 3.01. The van der Waals surface area contributed by atoms with Crippen molar-refractivity contribution in [2.45, 2.75) is 6.92 Å². The van der Waals surface area contributed by atoms with E-state index in [1.165, 1.54) is 0 Å². The van der Waals surface area contributed by atoms with E-state index < -0.39 is 0 Å². The largest absolute Gasteiger partial charge is 0.518 e. The summed E-state index contributed by atoms with van der Waals surface area (Å²) >= 11 is 5.60. The van der Waals surface area contributed by atoms with Crippen molar-refractivity contribution >= 4 is 17.3 Å². The number of halogens is 1. The fourth-order valence-corrected chi connectivity index (χ4v) is 1.07. The summed E-state index contributed by atoms with van der Waals surface area (Å²) in [6.07, 6.45) is 0. The van der Waals surface area contributed by atoms with Crippen LogP contribution in [0.3, 0.4) is 0 Å². The highest BCUT2D eigenvalue weighted by molar-refractivity contribution is 6.32. The van der Waals surface area contributed by atoms with E-state index in [4.69, 9.17) is 18.2 Å². The summed E-state index contributed by atoms with van der Waals surface area (Å²) in [7, 11) is 0. The molecule has 2 nitrogen and oxygen atoms in total. The second-order valence-electron chi connectivity index (χ2n) is 2.23. The van der Waals surface area contributed by atoms with Crippen LogP contribution in [-0.4, -0.2) is 5.11 Å². The summed E-state index contributed by atoms with van der Waals surface area (Å²) in [5.41, 5.74) is 1.08. The van der Waals surface area contributed by atoms with E-state index in [1.54, 1.807) is 12.1 Å². The summed E-state index contributed by atoms with van der Waals surface area (Å²) in [5.74, 6) is -0.132. The van der Waals surface area contributed by atoms with E-state index in [2.05, 4.69) is 4.85 Å². The maximum Gasteiger partial charge on any atom is 0.229 e. The van der Waals surface area contributed by atoms with Crippen LogP contribution in [0, 0.1) is 13.5 Å². The Hall–Kier alpha value is -1.20. The maximum absolute atomic E-state index is 9.18. The Morgan fingerprint density at radius 3 is 2.73 bits per heavy atom. The first kappa shape index (κ1) is 7.90. The molecule has 0 aliphatic carbocycles. The molecule has 0 bridgehead atoms. The van der Waals surface area contributed by atoms with Crippen LogP contribution in [0.5, 0.6) is 5.75 Å². The second-order valence-corrected chi connectivity index (χ2v) is 2.63. The molecule has 0 saturated carbocycles. The van der Waals surface area contributed by atoms with E-state index in [9.17, 15) is 5.11 Å². The van der Waals surface area contributed by atoms with Crippen LogP contribution in [0.2, 0.25) is 5.02 Å². The average Bonchev–Trinajstić information content (AvgIpc) is 1.96. The van der Waals surface area contributed by atoms with Gasteiger partial charge >= 0.3 is 0 Å². The van der Waals surface area contributed by atoms with Crippen LogP contribution in [0.15, 0.2) is 12.1 Å². The van der Waals surface area contributed by atoms with Gasteiger partial charge in [0.05, 0.1) is 11.6 Å². The molecule has 0 spiro atoms. The van der Waals surface area contributed by atoms with Crippen molar-refractivity contribution in [3.05, 3.63) is 34.1 Å². The molecule has 1 aromatic carbocycles. The molecule has 0 atom stereocenters. The van der Waals surface area contributed by atoms with Crippen LogP contribution in [0.1, 0.15) is 5.56 Å². The zero-order valence-electron chi connectivity index (χ0n) is 5.93. The smallest absolute Gasteiger partial charge is 0.229 e. The molecule has 0 aliphatic rings. The van der Waals surface area contributed by atoms with Gasteiger partial charge in [-0.1, -0.05) is 17.2 Å². The Labute approximate surface area is 69.9 Å². The van der Waals surface area contributed by atoms with Gasteiger partial charge in [0.15, 0.2) is 0 Å². The summed E-state index contributed by atoms with van der Waals surface area (Å²) in [4.78, 5) is 3.11. The van der Waals surface area contributed by atoms with Crippen molar-refractivity contribution in [1.82, 2.24) is 0 Å². The Morgan fingerprint density at radius 2 is 2.18 bits per heavy atom. The maximum atomic E-state index is 9.18. The number of benzene rings is 1. The third kappa shape index (κ3) is 1.44. The fraction of sp³-hybridized carbons (Fsp3) is 0.125. The Bertz CT molecular complexity index is 328. The molecule has 0 amide bonds. The van der Waals surface area contributed by atoms with Crippen molar-refractivity contribution in [3.63, 3.8) is 0 Å². The molecule has 1 aromatic rings. The highest BCUT2D eigenvalue weighted by atomic mass is 35.5. The molecule has 0 aliphatic heterocycles. The zero-order valence-corrected chi connectivity index (χ0v) is 6.68. The van der Waals surface area contributed by atoms with E-state index in [0.717, 1.165) is 5.56 Å². The van der Waals surface area contributed by atoms with Gasteiger partial charge in [-0.05, 0) is 19.1 Å². The lowest BCUT2D eigenvalue weighted by Gasteiger charge is -1.99. The van der Waals surface area contributed by atoms with Gasteiger partial charge in [0.1, 0.15) is 5.75 Å². The van der Waals surface area contributed by atoms with Crippen LogP contribution in [0.25, 0.3) is 4.85 Å². The lowest BCUT2D eigenvalue weighted by molar-refractivity contribution is 0.478. The standard InChI is InChI=1S/C8H6ClNO/c1-5-3-6(9)8(11)7(4-5)10-2/h3-4,11H,1H3. The van der Waals surface area contributed by atoms with Crippen molar-refractivity contribution in [3.8, 4) is 5.75 Å². The van der Waals surface area contributed by atoms with Crippen molar-refractivity contribution in [2.24, 2.45) is 0 Å². The quantitative estimate of drug-likeness (QED) is 0.591. The Balaban J connectivity index is 3.39. The normalized spacial score (nSPS) is 9.18. The van der Waals surface area contributed by atoms with Gasteiger partial charge in [-0.25, -0.2) is 4.85 Å². The molecule has 11 heavy (non-hydrogen) atoms. The van der Waals surface area contributed by atoms with Gasteiger partial charge in [-0.15, -0.1) is 0 Å². The van der Waals surface area contributed by atoms with Gasteiger partial charge in [0.2, 0.25) is 5.69 Å².